The Balaban J connectivity index is 0.00000289. The molecule has 0 amide bonds. The van der Waals surface area contributed by atoms with E-state index in [0.717, 1.165) is 73.9 Å². The summed E-state index contributed by atoms with van der Waals surface area (Å²) in [6.45, 7) is 8.26. The first-order valence-electron chi connectivity index (χ1n) is 11.9. The third-order valence-corrected chi connectivity index (χ3v) is 5.97. The van der Waals surface area contributed by atoms with Crippen LogP contribution in [0.5, 0.6) is 5.75 Å². The maximum Gasteiger partial charge on any atom is 0.191 e. The molecule has 1 saturated carbocycles. The number of rotatable bonds is 9. The third kappa shape index (κ3) is 7.08. The lowest BCUT2D eigenvalue weighted by Crippen LogP contribution is -2.38. The highest BCUT2D eigenvalue weighted by atomic mass is 127. The van der Waals surface area contributed by atoms with Crippen molar-refractivity contribution >= 4 is 29.9 Å². The topological polar surface area (TPSA) is 76.4 Å². The van der Waals surface area contributed by atoms with Gasteiger partial charge in [-0.25, -0.2) is 4.99 Å². The van der Waals surface area contributed by atoms with Gasteiger partial charge in [-0.3, -0.25) is 0 Å². The summed E-state index contributed by atoms with van der Waals surface area (Å²) in [5, 5.41) is 15.6. The quantitative estimate of drug-likeness (QED) is 0.279. The van der Waals surface area contributed by atoms with Crippen molar-refractivity contribution in [2.75, 3.05) is 19.7 Å². The molecule has 7 nitrogen and oxygen atoms in total. The standard InChI is InChI=1S/C24H36N6O.HI/c1-3-25-24(26-13-12-23-29-28-22-7-5-4-6-14-30(22)23)27-16-20-11-8-18(2)15-21(20)31-17-19-9-10-19;/h8,11,15,19H,3-7,9-10,12-14,16-17H2,1-2H3,(H2,25,26,27);1H. The van der Waals surface area contributed by atoms with Crippen molar-refractivity contribution in [3.8, 4) is 5.75 Å². The van der Waals surface area contributed by atoms with Gasteiger partial charge in [0.05, 0.1) is 13.2 Å². The van der Waals surface area contributed by atoms with E-state index >= 15 is 0 Å². The molecule has 2 N–H and O–H groups in total. The van der Waals surface area contributed by atoms with Crippen LogP contribution in [0, 0.1) is 12.8 Å². The van der Waals surface area contributed by atoms with Crippen molar-refractivity contribution in [2.24, 2.45) is 10.9 Å². The van der Waals surface area contributed by atoms with Gasteiger partial charge in [0.1, 0.15) is 17.4 Å². The Kier molecular flexibility index (Phi) is 9.62. The molecule has 2 aliphatic rings. The van der Waals surface area contributed by atoms with Gasteiger partial charge in [-0.1, -0.05) is 18.6 Å². The Hall–Kier alpha value is -1.84. The minimum atomic E-state index is 0. The smallest absolute Gasteiger partial charge is 0.191 e. The first kappa shape index (κ1) is 24.8. The lowest BCUT2D eigenvalue weighted by Gasteiger charge is -2.14. The van der Waals surface area contributed by atoms with E-state index in [0.29, 0.717) is 6.54 Å². The van der Waals surface area contributed by atoms with E-state index in [9.17, 15) is 0 Å². The molecular weight excluding hydrogens is 515 g/mol. The molecule has 1 aromatic carbocycles. The van der Waals surface area contributed by atoms with Crippen LogP contribution in [0.15, 0.2) is 23.2 Å². The zero-order valence-electron chi connectivity index (χ0n) is 19.4. The van der Waals surface area contributed by atoms with Crippen molar-refractivity contribution in [3.63, 3.8) is 0 Å². The Labute approximate surface area is 208 Å². The Morgan fingerprint density at radius 1 is 1.19 bits per heavy atom. The second-order valence-electron chi connectivity index (χ2n) is 8.73. The molecule has 1 aliphatic heterocycles. The summed E-state index contributed by atoms with van der Waals surface area (Å²) in [6, 6.07) is 6.40. The van der Waals surface area contributed by atoms with Crippen LogP contribution >= 0.6 is 24.0 Å². The van der Waals surface area contributed by atoms with Gasteiger partial charge in [0.15, 0.2) is 5.96 Å². The van der Waals surface area contributed by atoms with Gasteiger partial charge in [0, 0.05) is 38.0 Å². The number of aromatic nitrogens is 3. The minimum Gasteiger partial charge on any atom is -0.493 e. The first-order chi connectivity index (χ1) is 15.2. The molecule has 1 aromatic heterocycles. The molecule has 0 bridgehead atoms. The fourth-order valence-electron chi connectivity index (χ4n) is 3.95. The summed E-state index contributed by atoms with van der Waals surface area (Å²) in [5.41, 5.74) is 2.35. The summed E-state index contributed by atoms with van der Waals surface area (Å²) >= 11 is 0. The number of aryl methyl sites for hydroxylation is 2. The lowest BCUT2D eigenvalue weighted by atomic mass is 10.1. The number of fused-ring (bicyclic) bond motifs is 1. The van der Waals surface area contributed by atoms with E-state index in [1.54, 1.807) is 0 Å². The van der Waals surface area contributed by atoms with Gasteiger partial charge in [-0.2, -0.15) is 0 Å². The van der Waals surface area contributed by atoms with Crippen LogP contribution in [0.3, 0.4) is 0 Å². The van der Waals surface area contributed by atoms with Crippen molar-refractivity contribution in [3.05, 3.63) is 41.0 Å². The molecule has 0 spiro atoms. The van der Waals surface area contributed by atoms with Gasteiger partial charge >= 0.3 is 0 Å². The van der Waals surface area contributed by atoms with E-state index in [2.05, 4.69) is 57.4 Å². The summed E-state index contributed by atoms with van der Waals surface area (Å²) in [4.78, 5) is 4.81. The number of benzene rings is 1. The predicted molar refractivity (Wildman–Crippen MR) is 139 cm³/mol. The fourth-order valence-corrected chi connectivity index (χ4v) is 3.95. The van der Waals surface area contributed by atoms with Crippen molar-refractivity contribution in [1.82, 2.24) is 25.4 Å². The average molecular weight is 553 g/mol. The monoisotopic (exact) mass is 552 g/mol. The summed E-state index contributed by atoms with van der Waals surface area (Å²) in [7, 11) is 0. The molecule has 4 rings (SSSR count). The van der Waals surface area contributed by atoms with Gasteiger partial charge in [0.2, 0.25) is 0 Å². The SMILES string of the molecule is CCNC(=NCc1ccc(C)cc1OCC1CC1)NCCc1nnc2n1CCCCC2.I. The minimum absolute atomic E-state index is 0. The molecule has 2 heterocycles. The number of aliphatic imine (C=N–C) groups is 1. The van der Waals surface area contributed by atoms with Gasteiger partial charge < -0.3 is 19.9 Å². The van der Waals surface area contributed by atoms with E-state index in [1.165, 1.54) is 37.7 Å². The molecular formula is C24H37IN6O. The van der Waals surface area contributed by atoms with Crippen LogP contribution in [-0.2, 0) is 25.9 Å². The van der Waals surface area contributed by atoms with Crippen molar-refractivity contribution < 1.29 is 4.74 Å². The fraction of sp³-hybridized carbons (Fsp3) is 0.625. The highest BCUT2D eigenvalue weighted by Crippen LogP contribution is 2.31. The molecule has 8 heteroatoms. The van der Waals surface area contributed by atoms with Crippen LogP contribution in [0.4, 0.5) is 0 Å². The van der Waals surface area contributed by atoms with Crippen LogP contribution in [0.1, 0.15) is 61.8 Å². The number of hydrogen-bond acceptors (Lipinski definition) is 4. The number of guanidine groups is 1. The Bertz CT molecular complexity index is 893. The van der Waals surface area contributed by atoms with Gasteiger partial charge in [0.25, 0.3) is 0 Å². The normalized spacial score (nSPS) is 16.0. The summed E-state index contributed by atoms with van der Waals surface area (Å²) in [6.07, 6.45) is 8.20. The second kappa shape index (κ2) is 12.4. The zero-order chi connectivity index (χ0) is 21.5. The molecule has 0 radical (unpaired) electrons. The molecule has 2 aromatic rings. The molecule has 32 heavy (non-hydrogen) atoms. The van der Waals surface area contributed by atoms with E-state index in [-0.39, 0.29) is 24.0 Å². The van der Waals surface area contributed by atoms with Crippen LogP contribution in [0.25, 0.3) is 0 Å². The highest BCUT2D eigenvalue weighted by Gasteiger charge is 2.22. The van der Waals surface area contributed by atoms with Crippen molar-refractivity contribution in [1.29, 1.82) is 0 Å². The molecule has 0 unspecified atom stereocenters. The molecule has 0 saturated heterocycles. The third-order valence-electron chi connectivity index (χ3n) is 5.97. The van der Waals surface area contributed by atoms with Crippen LogP contribution in [-0.4, -0.2) is 40.4 Å². The molecule has 176 valence electrons. The maximum atomic E-state index is 6.10. The van der Waals surface area contributed by atoms with E-state index < -0.39 is 0 Å². The Morgan fingerprint density at radius 3 is 2.88 bits per heavy atom. The van der Waals surface area contributed by atoms with Gasteiger partial charge in [-0.15, -0.1) is 34.2 Å². The Morgan fingerprint density at radius 2 is 2.06 bits per heavy atom. The first-order valence-corrected chi connectivity index (χ1v) is 11.9. The molecule has 1 aliphatic carbocycles. The average Bonchev–Trinajstić information content (AvgIpc) is 3.56. The number of nitrogens with zero attached hydrogens (tertiary/aromatic N) is 4. The second-order valence-corrected chi connectivity index (χ2v) is 8.73. The largest absolute Gasteiger partial charge is 0.493 e. The highest BCUT2D eigenvalue weighted by molar-refractivity contribution is 14.0. The number of halogens is 1. The summed E-state index contributed by atoms with van der Waals surface area (Å²) < 4.78 is 8.41. The predicted octanol–water partition coefficient (Wildman–Crippen LogP) is 4.02. The van der Waals surface area contributed by atoms with Crippen molar-refractivity contribution in [2.45, 2.75) is 71.9 Å². The van der Waals surface area contributed by atoms with Crippen LogP contribution < -0.4 is 15.4 Å². The maximum absolute atomic E-state index is 6.10. The van der Waals surface area contributed by atoms with E-state index in [1.807, 2.05) is 0 Å². The summed E-state index contributed by atoms with van der Waals surface area (Å²) in [5.74, 6) is 4.76. The lowest BCUT2D eigenvalue weighted by molar-refractivity contribution is 0.296. The molecule has 1 fully saturated rings. The molecule has 0 atom stereocenters. The number of hydrogen-bond donors (Lipinski definition) is 2. The number of ether oxygens (including phenoxy) is 1. The number of nitrogens with one attached hydrogen (secondary N) is 2. The van der Waals surface area contributed by atoms with Crippen LogP contribution in [0.2, 0.25) is 0 Å². The zero-order valence-corrected chi connectivity index (χ0v) is 21.7. The van der Waals surface area contributed by atoms with E-state index in [4.69, 9.17) is 9.73 Å². The van der Waals surface area contributed by atoms with Gasteiger partial charge in [-0.05, 0) is 57.1 Å².